The van der Waals surface area contributed by atoms with Gasteiger partial charge in [0.25, 0.3) is 0 Å². The fourth-order valence-electron chi connectivity index (χ4n) is 0.995. The molecule has 0 saturated carbocycles. The van der Waals surface area contributed by atoms with Crippen LogP contribution in [0, 0.1) is 0 Å². The average Bonchev–Trinajstić information content (AvgIpc) is 2.32. The molecular weight excluding hydrogens is 180 g/mol. The predicted octanol–water partition coefficient (Wildman–Crippen LogP) is -1.66. The van der Waals surface area contributed by atoms with Crippen molar-refractivity contribution in [1.29, 1.82) is 0 Å². The zero-order valence-corrected chi connectivity index (χ0v) is 7.08. The Hall–Kier alpha value is -0.690. The summed E-state index contributed by atoms with van der Waals surface area (Å²) >= 11 is 0. The molecule has 1 aliphatic rings. The van der Waals surface area contributed by atoms with Crippen molar-refractivity contribution in [3.63, 3.8) is 0 Å². The quantitative estimate of drug-likeness (QED) is 0.453. The third-order valence-electron chi connectivity index (χ3n) is 1.74. The van der Waals surface area contributed by atoms with Crippen LogP contribution < -0.4 is 0 Å². The highest BCUT2D eigenvalue weighted by Crippen LogP contribution is 2.20. The number of hydrogen-bond donors (Lipinski definition) is 3. The van der Waals surface area contributed by atoms with Gasteiger partial charge >= 0.3 is 5.97 Å². The minimum absolute atomic E-state index is 0.131. The van der Waals surface area contributed by atoms with Gasteiger partial charge in [0.2, 0.25) is 0 Å². The van der Waals surface area contributed by atoms with Crippen LogP contribution in [0.4, 0.5) is 0 Å². The van der Waals surface area contributed by atoms with Crippen molar-refractivity contribution in [2.45, 2.75) is 38.1 Å². The number of aliphatic hydroxyl groups excluding tert-OH is 3. The van der Waals surface area contributed by atoms with Crippen LogP contribution in [-0.4, -0.2) is 46.1 Å². The summed E-state index contributed by atoms with van der Waals surface area (Å²) in [6.07, 6.45) is -5.45. The Balaban J connectivity index is 2.53. The summed E-state index contributed by atoms with van der Waals surface area (Å²) in [5.74, 6) is -0.569. The highest BCUT2D eigenvalue weighted by atomic mass is 16.7. The molecule has 76 valence electrons. The second-order valence-electron chi connectivity index (χ2n) is 2.72. The van der Waals surface area contributed by atoms with E-state index in [-0.39, 0.29) is 6.42 Å². The van der Waals surface area contributed by atoms with Crippen LogP contribution in [0.3, 0.4) is 0 Å². The average molecular weight is 192 g/mol. The summed E-state index contributed by atoms with van der Waals surface area (Å²) in [6.45, 7) is 1.58. The van der Waals surface area contributed by atoms with Gasteiger partial charge in [-0.05, 0) is 0 Å². The highest BCUT2D eigenvalue weighted by Gasteiger charge is 2.44. The maximum absolute atomic E-state index is 10.8. The lowest BCUT2D eigenvalue weighted by Crippen LogP contribution is -2.36. The van der Waals surface area contributed by atoms with Crippen molar-refractivity contribution < 1.29 is 29.6 Å². The Labute approximate surface area is 74.7 Å². The third-order valence-corrected chi connectivity index (χ3v) is 1.74. The van der Waals surface area contributed by atoms with Crippen LogP contribution in [-0.2, 0) is 14.3 Å². The van der Waals surface area contributed by atoms with Gasteiger partial charge in [-0.1, -0.05) is 6.92 Å². The first-order valence-electron chi connectivity index (χ1n) is 3.95. The van der Waals surface area contributed by atoms with Crippen LogP contribution >= 0.6 is 0 Å². The van der Waals surface area contributed by atoms with Crippen molar-refractivity contribution in [3.8, 4) is 0 Å². The van der Waals surface area contributed by atoms with Gasteiger partial charge in [0.1, 0.15) is 6.10 Å². The Morgan fingerprint density at radius 1 is 1.38 bits per heavy atom. The SMILES string of the molecule is CCC(=O)OC1C(O)OC(O)C1O. The summed E-state index contributed by atoms with van der Waals surface area (Å²) in [7, 11) is 0. The van der Waals surface area contributed by atoms with Crippen molar-refractivity contribution in [3.05, 3.63) is 0 Å². The highest BCUT2D eigenvalue weighted by molar-refractivity contribution is 5.69. The lowest BCUT2D eigenvalue weighted by molar-refractivity contribution is -0.189. The van der Waals surface area contributed by atoms with Crippen LogP contribution in [0.5, 0.6) is 0 Å². The van der Waals surface area contributed by atoms with Crippen LogP contribution in [0.15, 0.2) is 0 Å². The van der Waals surface area contributed by atoms with E-state index < -0.39 is 30.8 Å². The molecule has 6 heteroatoms. The summed E-state index contributed by atoms with van der Waals surface area (Å²) in [5, 5.41) is 27.1. The van der Waals surface area contributed by atoms with E-state index in [9.17, 15) is 4.79 Å². The van der Waals surface area contributed by atoms with Gasteiger partial charge in [-0.2, -0.15) is 0 Å². The Morgan fingerprint density at radius 3 is 2.38 bits per heavy atom. The molecule has 4 unspecified atom stereocenters. The van der Waals surface area contributed by atoms with E-state index in [0.29, 0.717) is 0 Å². The molecule has 1 aliphatic heterocycles. The normalized spacial score (nSPS) is 39.1. The molecule has 0 radical (unpaired) electrons. The van der Waals surface area contributed by atoms with E-state index in [1.807, 2.05) is 0 Å². The van der Waals surface area contributed by atoms with Gasteiger partial charge in [0.05, 0.1) is 0 Å². The summed E-state index contributed by atoms with van der Waals surface area (Å²) in [6, 6.07) is 0. The van der Waals surface area contributed by atoms with Gasteiger partial charge < -0.3 is 24.8 Å². The lowest BCUT2D eigenvalue weighted by Gasteiger charge is -2.16. The second kappa shape index (κ2) is 4.01. The summed E-state index contributed by atoms with van der Waals surface area (Å²) in [5.41, 5.74) is 0. The number of rotatable bonds is 2. The first-order valence-corrected chi connectivity index (χ1v) is 3.95. The largest absolute Gasteiger partial charge is 0.454 e. The molecule has 4 atom stereocenters. The lowest BCUT2D eigenvalue weighted by atomic mass is 10.2. The molecule has 0 aromatic carbocycles. The fourth-order valence-corrected chi connectivity index (χ4v) is 0.995. The minimum atomic E-state index is -1.51. The first kappa shape index (κ1) is 10.4. The molecule has 0 aromatic rings. The Morgan fingerprint density at radius 2 is 2.00 bits per heavy atom. The van der Waals surface area contributed by atoms with Crippen LogP contribution in [0.1, 0.15) is 13.3 Å². The zero-order valence-electron chi connectivity index (χ0n) is 7.08. The maximum atomic E-state index is 10.8. The van der Waals surface area contributed by atoms with Crippen molar-refractivity contribution >= 4 is 5.97 Å². The van der Waals surface area contributed by atoms with E-state index >= 15 is 0 Å². The van der Waals surface area contributed by atoms with Crippen LogP contribution in [0.25, 0.3) is 0 Å². The number of carbonyl (C=O) groups excluding carboxylic acids is 1. The molecule has 0 amide bonds. The molecule has 0 bridgehead atoms. The molecule has 0 aromatic heterocycles. The molecule has 0 spiro atoms. The van der Waals surface area contributed by atoms with Gasteiger partial charge in [-0.25, -0.2) is 0 Å². The van der Waals surface area contributed by atoms with Crippen molar-refractivity contribution in [2.24, 2.45) is 0 Å². The number of carbonyl (C=O) groups is 1. The monoisotopic (exact) mass is 192 g/mol. The smallest absolute Gasteiger partial charge is 0.306 e. The van der Waals surface area contributed by atoms with Gasteiger partial charge in [0.15, 0.2) is 18.7 Å². The van der Waals surface area contributed by atoms with Crippen molar-refractivity contribution in [1.82, 2.24) is 0 Å². The molecule has 13 heavy (non-hydrogen) atoms. The van der Waals surface area contributed by atoms with E-state index in [1.165, 1.54) is 0 Å². The Bertz CT molecular complexity index is 193. The number of esters is 1. The van der Waals surface area contributed by atoms with Crippen LogP contribution in [0.2, 0.25) is 0 Å². The minimum Gasteiger partial charge on any atom is -0.454 e. The number of ether oxygens (including phenoxy) is 2. The standard InChI is InChI=1S/C7H12O6/c1-2-3(8)12-5-4(9)6(10)13-7(5)11/h4-7,9-11H,2H2,1H3. The first-order chi connectivity index (χ1) is 6.06. The molecule has 6 nitrogen and oxygen atoms in total. The molecule has 1 fully saturated rings. The van der Waals surface area contributed by atoms with E-state index in [0.717, 1.165) is 0 Å². The van der Waals surface area contributed by atoms with Gasteiger partial charge in [-0.3, -0.25) is 4.79 Å². The molecule has 0 aliphatic carbocycles. The summed E-state index contributed by atoms with van der Waals surface area (Å²) < 4.78 is 9.05. The number of hydrogen-bond acceptors (Lipinski definition) is 6. The maximum Gasteiger partial charge on any atom is 0.306 e. The van der Waals surface area contributed by atoms with Gasteiger partial charge in [0, 0.05) is 6.42 Å². The number of aliphatic hydroxyl groups is 3. The predicted molar refractivity (Wildman–Crippen MR) is 39.3 cm³/mol. The third kappa shape index (κ3) is 2.16. The van der Waals surface area contributed by atoms with E-state index in [1.54, 1.807) is 6.92 Å². The topological polar surface area (TPSA) is 96.2 Å². The van der Waals surface area contributed by atoms with Crippen molar-refractivity contribution in [2.75, 3.05) is 0 Å². The van der Waals surface area contributed by atoms with E-state index in [2.05, 4.69) is 9.47 Å². The molecule has 1 heterocycles. The molecule has 1 saturated heterocycles. The molecular formula is C7H12O6. The van der Waals surface area contributed by atoms with E-state index in [4.69, 9.17) is 15.3 Å². The molecule has 3 N–H and O–H groups in total. The Kier molecular flexibility index (Phi) is 3.21. The molecule has 1 rings (SSSR count). The summed E-state index contributed by atoms with van der Waals surface area (Å²) in [4.78, 5) is 10.8. The fraction of sp³-hybridized carbons (Fsp3) is 0.857. The second-order valence-corrected chi connectivity index (χ2v) is 2.72. The van der Waals surface area contributed by atoms with Gasteiger partial charge in [-0.15, -0.1) is 0 Å². The zero-order chi connectivity index (χ0) is 10.0.